The van der Waals surface area contributed by atoms with E-state index in [9.17, 15) is 9.59 Å². The van der Waals surface area contributed by atoms with E-state index in [0.29, 0.717) is 6.42 Å². The standard InChI is InChI=1S/C10H20N2O5/c1-8(2-3-9(15)16)11-10(17)12(4-6-13)5-7-14/h8,13-14H,2-7H2,1H3,(H,11,17)(H,15,16). The Morgan fingerprint density at radius 1 is 1.24 bits per heavy atom. The van der Waals surface area contributed by atoms with Gasteiger partial charge in [0.25, 0.3) is 0 Å². The van der Waals surface area contributed by atoms with Crippen LogP contribution in [-0.4, -0.2) is 64.6 Å². The molecule has 0 spiro atoms. The number of nitrogens with one attached hydrogen (secondary N) is 1. The van der Waals surface area contributed by atoms with Gasteiger partial charge in [-0.05, 0) is 13.3 Å². The third-order valence-electron chi connectivity index (χ3n) is 2.19. The molecule has 100 valence electrons. The van der Waals surface area contributed by atoms with Crippen molar-refractivity contribution >= 4 is 12.0 Å². The molecule has 0 aromatic heterocycles. The SMILES string of the molecule is CC(CCC(=O)O)NC(=O)N(CCO)CCO. The van der Waals surface area contributed by atoms with E-state index < -0.39 is 12.0 Å². The van der Waals surface area contributed by atoms with Gasteiger partial charge in [-0.1, -0.05) is 0 Å². The largest absolute Gasteiger partial charge is 0.481 e. The molecule has 0 rings (SSSR count). The number of carboxylic acid groups (broad SMARTS) is 1. The maximum absolute atomic E-state index is 11.6. The first kappa shape index (κ1) is 15.7. The van der Waals surface area contributed by atoms with Gasteiger partial charge in [0.05, 0.1) is 13.2 Å². The number of nitrogens with zero attached hydrogens (tertiary/aromatic N) is 1. The minimum absolute atomic E-state index is 0.0125. The van der Waals surface area contributed by atoms with Crippen LogP contribution in [0.15, 0.2) is 0 Å². The molecule has 0 bridgehead atoms. The Balaban J connectivity index is 4.05. The van der Waals surface area contributed by atoms with Gasteiger partial charge >= 0.3 is 12.0 Å². The van der Waals surface area contributed by atoms with Crippen LogP contribution in [0.1, 0.15) is 19.8 Å². The summed E-state index contributed by atoms with van der Waals surface area (Å²) in [6.45, 7) is 1.61. The van der Waals surface area contributed by atoms with Gasteiger partial charge in [0.15, 0.2) is 0 Å². The first-order chi connectivity index (χ1) is 8.01. The monoisotopic (exact) mass is 248 g/mol. The molecule has 7 nitrogen and oxygen atoms in total. The van der Waals surface area contributed by atoms with Gasteiger partial charge in [-0.3, -0.25) is 4.79 Å². The number of carboxylic acids is 1. The second-order valence-electron chi connectivity index (χ2n) is 3.72. The molecule has 0 saturated carbocycles. The molecule has 7 heteroatoms. The van der Waals surface area contributed by atoms with E-state index in [1.807, 2.05) is 0 Å². The number of aliphatic hydroxyl groups excluding tert-OH is 2. The highest BCUT2D eigenvalue weighted by molar-refractivity contribution is 5.74. The third-order valence-corrected chi connectivity index (χ3v) is 2.19. The minimum atomic E-state index is -0.909. The first-order valence-electron chi connectivity index (χ1n) is 5.50. The van der Waals surface area contributed by atoms with Crippen LogP contribution in [0.4, 0.5) is 4.79 Å². The van der Waals surface area contributed by atoms with Crippen molar-refractivity contribution < 1.29 is 24.9 Å². The lowest BCUT2D eigenvalue weighted by molar-refractivity contribution is -0.137. The lowest BCUT2D eigenvalue weighted by Crippen LogP contribution is -2.46. The van der Waals surface area contributed by atoms with Crippen molar-refractivity contribution in [2.45, 2.75) is 25.8 Å². The first-order valence-corrected chi connectivity index (χ1v) is 5.50. The number of carbonyl (C=O) groups is 2. The van der Waals surface area contributed by atoms with Gasteiger partial charge in [-0.2, -0.15) is 0 Å². The van der Waals surface area contributed by atoms with Gasteiger partial charge in [0, 0.05) is 25.6 Å². The summed E-state index contributed by atoms with van der Waals surface area (Å²) in [5.74, 6) is -0.909. The molecule has 0 aromatic carbocycles. The molecule has 2 amide bonds. The van der Waals surface area contributed by atoms with Crippen LogP contribution in [0.5, 0.6) is 0 Å². The molecular formula is C10H20N2O5. The summed E-state index contributed by atoms with van der Waals surface area (Å²) in [6.07, 6.45) is 0.328. The maximum Gasteiger partial charge on any atom is 0.317 e. The van der Waals surface area contributed by atoms with Crippen LogP contribution in [0.3, 0.4) is 0 Å². The maximum atomic E-state index is 11.6. The summed E-state index contributed by atoms with van der Waals surface area (Å²) in [6, 6.07) is -0.676. The molecule has 0 heterocycles. The molecule has 4 N–H and O–H groups in total. The lowest BCUT2D eigenvalue weighted by atomic mass is 10.2. The topological polar surface area (TPSA) is 110 Å². The highest BCUT2D eigenvalue weighted by Gasteiger charge is 2.15. The van der Waals surface area contributed by atoms with Gasteiger partial charge < -0.3 is 25.5 Å². The van der Waals surface area contributed by atoms with Crippen LogP contribution in [0.2, 0.25) is 0 Å². The van der Waals surface area contributed by atoms with Gasteiger partial charge in [0.2, 0.25) is 0 Å². The van der Waals surface area contributed by atoms with E-state index >= 15 is 0 Å². The number of rotatable bonds is 8. The Labute approximate surface area is 100 Å². The van der Waals surface area contributed by atoms with E-state index in [1.165, 1.54) is 4.90 Å². The molecule has 0 fully saturated rings. The van der Waals surface area contributed by atoms with Crippen molar-refractivity contribution in [3.8, 4) is 0 Å². The summed E-state index contributed by atoms with van der Waals surface area (Å²) >= 11 is 0. The van der Waals surface area contributed by atoms with Crippen molar-refractivity contribution in [3.05, 3.63) is 0 Å². The normalized spacial score (nSPS) is 11.9. The van der Waals surface area contributed by atoms with Crippen molar-refractivity contribution in [3.63, 3.8) is 0 Å². The highest BCUT2D eigenvalue weighted by atomic mass is 16.4. The Bertz CT molecular complexity index is 241. The number of urea groups is 1. The summed E-state index contributed by atoms with van der Waals surface area (Å²) in [5.41, 5.74) is 0. The summed E-state index contributed by atoms with van der Waals surface area (Å²) in [4.78, 5) is 23.2. The van der Waals surface area contributed by atoms with Gasteiger partial charge in [-0.25, -0.2) is 4.79 Å². The van der Waals surface area contributed by atoms with E-state index in [0.717, 1.165) is 0 Å². The van der Waals surface area contributed by atoms with Crippen molar-refractivity contribution in [1.82, 2.24) is 10.2 Å². The van der Waals surface area contributed by atoms with Crippen LogP contribution < -0.4 is 5.32 Å². The predicted octanol–water partition coefficient (Wildman–Crippen LogP) is -0.764. The lowest BCUT2D eigenvalue weighted by Gasteiger charge is -2.23. The average molecular weight is 248 g/mol. The van der Waals surface area contributed by atoms with Crippen LogP contribution in [0.25, 0.3) is 0 Å². The molecule has 1 unspecified atom stereocenters. The summed E-state index contributed by atoms with van der Waals surface area (Å²) < 4.78 is 0. The minimum Gasteiger partial charge on any atom is -0.481 e. The van der Waals surface area contributed by atoms with E-state index in [-0.39, 0.29) is 38.8 Å². The highest BCUT2D eigenvalue weighted by Crippen LogP contribution is 1.98. The fourth-order valence-electron chi connectivity index (χ4n) is 1.27. The number of aliphatic hydroxyl groups is 2. The van der Waals surface area contributed by atoms with Gasteiger partial charge in [-0.15, -0.1) is 0 Å². The molecular weight excluding hydrogens is 228 g/mol. The average Bonchev–Trinajstić information content (AvgIpc) is 2.26. The molecule has 0 aliphatic heterocycles. The second-order valence-corrected chi connectivity index (χ2v) is 3.72. The third kappa shape index (κ3) is 7.53. The van der Waals surface area contributed by atoms with E-state index in [1.54, 1.807) is 6.92 Å². The molecule has 0 aliphatic rings. The number of carbonyl (C=O) groups excluding carboxylic acids is 1. The van der Waals surface area contributed by atoms with Gasteiger partial charge in [0.1, 0.15) is 0 Å². The molecule has 0 saturated heterocycles. The molecule has 0 radical (unpaired) electrons. The number of hydrogen-bond acceptors (Lipinski definition) is 4. The van der Waals surface area contributed by atoms with E-state index in [2.05, 4.69) is 5.32 Å². The zero-order valence-corrected chi connectivity index (χ0v) is 9.93. The fraction of sp³-hybridized carbons (Fsp3) is 0.800. The summed E-state index contributed by atoms with van der Waals surface area (Å²) in [5, 5.41) is 28.6. The smallest absolute Gasteiger partial charge is 0.317 e. The fourth-order valence-corrected chi connectivity index (χ4v) is 1.27. The predicted molar refractivity (Wildman–Crippen MR) is 60.6 cm³/mol. The number of amides is 2. The van der Waals surface area contributed by atoms with Crippen LogP contribution in [-0.2, 0) is 4.79 Å². The van der Waals surface area contributed by atoms with E-state index in [4.69, 9.17) is 15.3 Å². The van der Waals surface area contributed by atoms with Crippen molar-refractivity contribution in [2.75, 3.05) is 26.3 Å². The molecule has 1 atom stereocenters. The Hall–Kier alpha value is -1.34. The zero-order chi connectivity index (χ0) is 13.3. The molecule has 0 aromatic rings. The molecule has 0 aliphatic carbocycles. The van der Waals surface area contributed by atoms with Crippen LogP contribution in [0, 0.1) is 0 Å². The Morgan fingerprint density at radius 2 is 1.76 bits per heavy atom. The zero-order valence-electron chi connectivity index (χ0n) is 9.93. The Morgan fingerprint density at radius 3 is 2.18 bits per heavy atom. The number of hydrogen-bond donors (Lipinski definition) is 4. The quantitative estimate of drug-likeness (QED) is 0.451. The Kier molecular flexibility index (Phi) is 8.08. The van der Waals surface area contributed by atoms with Crippen molar-refractivity contribution in [1.29, 1.82) is 0 Å². The van der Waals surface area contributed by atoms with Crippen molar-refractivity contribution in [2.24, 2.45) is 0 Å². The molecule has 17 heavy (non-hydrogen) atoms. The van der Waals surface area contributed by atoms with Crippen LogP contribution >= 0.6 is 0 Å². The number of aliphatic carboxylic acids is 1. The second kappa shape index (κ2) is 8.77. The summed E-state index contributed by atoms with van der Waals surface area (Å²) in [7, 11) is 0.